The lowest BCUT2D eigenvalue weighted by molar-refractivity contribution is 0.577. The Morgan fingerprint density at radius 2 is 2.25 bits per heavy atom. The van der Waals surface area contributed by atoms with Gasteiger partial charge in [-0.3, -0.25) is 4.68 Å². The molecule has 7 heteroatoms. The van der Waals surface area contributed by atoms with Gasteiger partial charge in [0.25, 0.3) is 0 Å². The van der Waals surface area contributed by atoms with Gasteiger partial charge >= 0.3 is 0 Å². The van der Waals surface area contributed by atoms with E-state index in [1.54, 1.807) is 36.1 Å². The summed E-state index contributed by atoms with van der Waals surface area (Å²) in [5.74, 6) is 0. The Hall–Kier alpha value is -1.86. The topological polar surface area (TPSA) is 76.0 Å². The average molecular weight is 292 g/mol. The van der Waals surface area contributed by atoms with Gasteiger partial charge in [-0.1, -0.05) is 6.07 Å². The molecule has 3 rings (SSSR count). The third-order valence-corrected chi connectivity index (χ3v) is 4.87. The molecular formula is C13H16N4O2S. The third-order valence-electron chi connectivity index (χ3n) is 3.47. The van der Waals surface area contributed by atoms with Gasteiger partial charge in [-0.25, -0.2) is 13.1 Å². The summed E-state index contributed by atoms with van der Waals surface area (Å²) in [5, 5.41) is 7.19. The molecule has 0 fully saturated rings. The molecular weight excluding hydrogens is 276 g/mol. The molecule has 2 heterocycles. The van der Waals surface area contributed by atoms with E-state index in [1.807, 2.05) is 6.07 Å². The maximum atomic E-state index is 12.3. The molecule has 0 atom stereocenters. The van der Waals surface area contributed by atoms with Crippen molar-refractivity contribution in [3.63, 3.8) is 0 Å². The van der Waals surface area contributed by atoms with E-state index in [-0.39, 0.29) is 11.4 Å². The Morgan fingerprint density at radius 1 is 1.40 bits per heavy atom. The minimum Gasteiger partial charge on any atom is -0.384 e. The maximum Gasteiger partial charge on any atom is 0.240 e. The third kappa shape index (κ3) is 2.41. The van der Waals surface area contributed by atoms with E-state index < -0.39 is 10.0 Å². The van der Waals surface area contributed by atoms with E-state index in [2.05, 4.69) is 15.1 Å². The maximum absolute atomic E-state index is 12.3. The number of hydrogen-bond donors (Lipinski definition) is 2. The number of hydrogen-bond acceptors (Lipinski definition) is 4. The van der Waals surface area contributed by atoms with Crippen LogP contribution in [0.5, 0.6) is 0 Å². The lowest BCUT2D eigenvalue weighted by atomic mass is 10.2. The van der Waals surface area contributed by atoms with Crippen molar-refractivity contribution in [1.82, 2.24) is 14.5 Å². The van der Waals surface area contributed by atoms with Crippen LogP contribution < -0.4 is 10.0 Å². The van der Waals surface area contributed by atoms with Crippen molar-refractivity contribution in [3.8, 4) is 0 Å². The standard InChI is InChI=1S/C13H16N4O2S/c1-17-11(5-7-15-17)9-16-20(18,19)12-3-2-10-4-6-14-13(10)8-12/h2-3,5,7-8,14,16H,4,6,9H2,1H3. The second-order valence-corrected chi connectivity index (χ2v) is 6.53. The van der Waals surface area contributed by atoms with Crippen molar-refractivity contribution in [3.05, 3.63) is 41.7 Å². The first-order chi connectivity index (χ1) is 9.56. The number of aryl methyl sites for hydroxylation is 1. The molecule has 0 unspecified atom stereocenters. The second kappa shape index (κ2) is 4.92. The quantitative estimate of drug-likeness (QED) is 0.876. The largest absolute Gasteiger partial charge is 0.384 e. The van der Waals surface area contributed by atoms with Crippen LogP contribution in [-0.2, 0) is 30.0 Å². The fourth-order valence-electron chi connectivity index (χ4n) is 2.26. The van der Waals surface area contributed by atoms with Gasteiger partial charge in [0.1, 0.15) is 0 Å². The normalized spacial score (nSPS) is 14.1. The van der Waals surface area contributed by atoms with Gasteiger partial charge in [-0.15, -0.1) is 0 Å². The molecule has 0 saturated carbocycles. The molecule has 0 amide bonds. The highest BCUT2D eigenvalue weighted by Crippen LogP contribution is 2.25. The molecule has 2 aromatic rings. The molecule has 0 radical (unpaired) electrons. The monoisotopic (exact) mass is 292 g/mol. The van der Waals surface area contributed by atoms with E-state index in [0.29, 0.717) is 0 Å². The van der Waals surface area contributed by atoms with Crippen LogP contribution in [0.1, 0.15) is 11.3 Å². The minimum absolute atomic E-state index is 0.226. The van der Waals surface area contributed by atoms with Crippen molar-refractivity contribution in [2.24, 2.45) is 7.05 Å². The molecule has 106 valence electrons. The molecule has 0 saturated heterocycles. The van der Waals surface area contributed by atoms with Crippen LogP contribution in [0.25, 0.3) is 0 Å². The first-order valence-electron chi connectivity index (χ1n) is 6.39. The van der Waals surface area contributed by atoms with Crippen LogP contribution in [0.3, 0.4) is 0 Å². The lowest BCUT2D eigenvalue weighted by Gasteiger charge is -2.08. The molecule has 20 heavy (non-hydrogen) atoms. The molecule has 1 aromatic heterocycles. The zero-order chi connectivity index (χ0) is 14.2. The van der Waals surface area contributed by atoms with Crippen LogP contribution in [0.2, 0.25) is 0 Å². The smallest absolute Gasteiger partial charge is 0.240 e. The van der Waals surface area contributed by atoms with Crippen molar-refractivity contribution in [2.75, 3.05) is 11.9 Å². The van der Waals surface area contributed by atoms with E-state index >= 15 is 0 Å². The van der Waals surface area contributed by atoms with Gasteiger partial charge < -0.3 is 5.32 Å². The van der Waals surface area contributed by atoms with Crippen LogP contribution >= 0.6 is 0 Å². The SMILES string of the molecule is Cn1nccc1CNS(=O)(=O)c1ccc2c(c1)NCC2. The first-order valence-corrected chi connectivity index (χ1v) is 7.88. The summed E-state index contributed by atoms with van der Waals surface area (Å²) in [6.45, 7) is 1.09. The molecule has 0 spiro atoms. The first kappa shape index (κ1) is 13.1. The zero-order valence-corrected chi connectivity index (χ0v) is 11.9. The minimum atomic E-state index is -3.51. The van der Waals surface area contributed by atoms with E-state index in [0.717, 1.165) is 29.9 Å². The molecule has 1 aliphatic heterocycles. The Bertz CT molecular complexity index is 737. The molecule has 2 N–H and O–H groups in total. The number of sulfonamides is 1. The number of fused-ring (bicyclic) bond motifs is 1. The predicted octanol–water partition coefficient (Wildman–Crippen LogP) is 0.867. The van der Waals surface area contributed by atoms with Crippen molar-refractivity contribution in [2.45, 2.75) is 17.9 Å². The molecule has 1 aliphatic rings. The highest BCUT2D eigenvalue weighted by molar-refractivity contribution is 7.89. The van der Waals surface area contributed by atoms with Crippen LogP contribution in [0, 0.1) is 0 Å². The number of nitrogens with zero attached hydrogens (tertiary/aromatic N) is 2. The zero-order valence-electron chi connectivity index (χ0n) is 11.1. The Balaban J connectivity index is 1.80. The average Bonchev–Trinajstić information content (AvgIpc) is 3.04. The summed E-state index contributed by atoms with van der Waals surface area (Å²) >= 11 is 0. The molecule has 0 bridgehead atoms. The summed E-state index contributed by atoms with van der Waals surface area (Å²) in [5.41, 5.74) is 2.89. The highest BCUT2D eigenvalue weighted by atomic mass is 32.2. The van der Waals surface area contributed by atoms with Gasteiger partial charge in [0.15, 0.2) is 0 Å². The van der Waals surface area contributed by atoms with E-state index in [9.17, 15) is 8.42 Å². The van der Waals surface area contributed by atoms with Crippen LogP contribution in [0.15, 0.2) is 35.4 Å². The fourth-order valence-corrected chi connectivity index (χ4v) is 3.29. The fraction of sp³-hybridized carbons (Fsp3) is 0.308. The second-order valence-electron chi connectivity index (χ2n) is 4.77. The Labute approximate surface area is 117 Å². The van der Waals surface area contributed by atoms with Crippen molar-refractivity contribution in [1.29, 1.82) is 0 Å². The summed E-state index contributed by atoms with van der Waals surface area (Å²) in [6.07, 6.45) is 2.58. The Morgan fingerprint density at radius 3 is 3.00 bits per heavy atom. The summed E-state index contributed by atoms with van der Waals surface area (Å²) in [7, 11) is -1.73. The Kier molecular flexibility index (Phi) is 3.23. The van der Waals surface area contributed by atoms with Gasteiger partial charge in [-0.2, -0.15) is 5.10 Å². The van der Waals surface area contributed by atoms with E-state index in [4.69, 9.17) is 0 Å². The van der Waals surface area contributed by atoms with Crippen molar-refractivity contribution >= 4 is 15.7 Å². The van der Waals surface area contributed by atoms with Gasteiger partial charge in [0.05, 0.1) is 17.1 Å². The van der Waals surface area contributed by atoms with E-state index in [1.165, 1.54) is 0 Å². The molecule has 0 aliphatic carbocycles. The van der Waals surface area contributed by atoms with Gasteiger partial charge in [-0.05, 0) is 30.2 Å². The highest BCUT2D eigenvalue weighted by Gasteiger charge is 2.18. The van der Waals surface area contributed by atoms with Gasteiger partial charge in [0.2, 0.25) is 10.0 Å². The summed E-state index contributed by atoms with van der Waals surface area (Å²) in [4.78, 5) is 0.285. The number of aromatic nitrogens is 2. The molecule has 1 aromatic carbocycles. The number of benzene rings is 1. The lowest BCUT2D eigenvalue weighted by Crippen LogP contribution is -2.24. The molecule has 6 nitrogen and oxygen atoms in total. The van der Waals surface area contributed by atoms with Crippen LogP contribution in [-0.4, -0.2) is 24.7 Å². The van der Waals surface area contributed by atoms with Crippen LogP contribution in [0.4, 0.5) is 5.69 Å². The predicted molar refractivity (Wildman–Crippen MR) is 75.9 cm³/mol. The summed E-state index contributed by atoms with van der Waals surface area (Å²) < 4.78 is 28.8. The number of anilines is 1. The van der Waals surface area contributed by atoms with Gasteiger partial charge in [0, 0.05) is 25.5 Å². The summed E-state index contributed by atoms with van der Waals surface area (Å²) in [6, 6.07) is 6.99. The number of rotatable bonds is 4. The van der Waals surface area contributed by atoms with Crippen molar-refractivity contribution < 1.29 is 8.42 Å². The number of nitrogens with one attached hydrogen (secondary N) is 2.